The van der Waals surface area contributed by atoms with Crippen molar-refractivity contribution in [3.8, 4) is 6.07 Å². The van der Waals surface area contributed by atoms with Crippen molar-refractivity contribution >= 4 is 34.0 Å². The van der Waals surface area contributed by atoms with Gasteiger partial charge in [0, 0.05) is 17.7 Å². The highest BCUT2D eigenvalue weighted by Crippen LogP contribution is 2.47. The fourth-order valence-corrected chi connectivity index (χ4v) is 5.74. The van der Waals surface area contributed by atoms with Gasteiger partial charge in [0.05, 0.1) is 17.6 Å². The number of nitrogens with zero attached hydrogens (tertiary/aromatic N) is 4. The first-order valence-electron chi connectivity index (χ1n) is 9.54. The van der Waals surface area contributed by atoms with Crippen LogP contribution in [0.25, 0.3) is 0 Å². The third-order valence-corrected chi connectivity index (χ3v) is 7.07. The number of ketones is 1. The second-order valence-electron chi connectivity index (χ2n) is 7.01. The van der Waals surface area contributed by atoms with Crippen LogP contribution in [0.4, 0.5) is 5.13 Å². The summed E-state index contributed by atoms with van der Waals surface area (Å²) < 4.78 is 0.846. The number of Topliss-reactive ketones (excluding diaryl/α,β-unsaturated/α-hetero) is 1. The zero-order valence-electron chi connectivity index (χ0n) is 16.3. The largest absolute Gasteiger partial charge is 0.384 e. The molecule has 2 aromatic rings. The predicted octanol–water partition coefficient (Wildman–Crippen LogP) is 4.26. The Hall–Kier alpha value is -2.63. The van der Waals surface area contributed by atoms with Gasteiger partial charge in [-0.1, -0.05) is 59.9 Å². The van der Waals surface area contributed by atoms with Gasteiger partial charge >= 0.3 is 0 Å². The summed E-state index contributed by atoms with van der Waals surface area (Å²) in [5.74, 6) is 0.884. The molecular weight excluding hydrogens is 402 g/mol. The van der Waals surface area contributed by atoms with Gasteiger partial charge in [0.25, 0.3) is 0 Å². The number of carbonyl (C=O) groups excluding carboxylic acids is 1. The molecule has 0 amide bonds. The molecule has 6 nitrogen and oxygen atoms in total. The van der Waals surface area contributed by atoms with E-state index < -0.39 is 5.92 Å². The summed E-state index contributed by atoms with van der Waals surface area (Å²) in [5, 5.41) is 19.2. The van der Waals surface area contributed by atoms with Crippen LogP contribution in [0.1, 0.15) is 43.2 Å². The molecule has 29 heavy (non-hydrogen) atoms. The molecule has 2 heterocycles. The monoisotopic (exact) mass is 423 g/mol. The molecule has 0 saturated carbocycles. The molecule has 0 bridgehead atoms. The Morgan fingerprint density at radius 1 is 1.38 bits per heavy atom. The van der Waals surface area contributed by atoms with Crippen LogP contribution in [0.5, 0.6) is 0 Å². The minimum absolute atomic E-state index is 0.0793. The molecule has 1 aromatic heterocycles. The van der Waals surface area contributed by atoms with Crippen molar-refractivity contribution in [2.45, 2.75) is 43.4 Å². The molecule has 2 aliphatic rings. The molecule has 1 aliphatic carbocycles. The van der Waals surface area contributed by atoms with Gasteiger partial charge < -0.3 is 5.73 Å². The smallest absolute Gasteiger partial charge is 0.219 e. The maximum absolute atomic E-state index is 13.1. The van der Waals surface area contributed by atoms with Gasteiger partial charge in [-0.05, 0) is 31.1 Å². The van der Waals surface area contributed by atoms with Gasteiger partial charge in [0.15, 0.2) is 10.1 Å². The van der Waals surface area contributed by atoms with Crippen molar-refractivity contribution in [2.24, 2.45) is 5.73 Å². The number of hydrogen-bond donors (Lipinski definition) is 1. The van der Waals surface area contributed by atoms with E-state index >= 15 is 0 Å². The maximum atomic E-state index is 13.1. The number of thioether (sulfide) groups is 1. The van der Waals surface area contributed by atoms with E-state index in [1.54, 1.807) is 16.7 Å². The zero-order chi connectivity index (χ0) is 20.5. The van der Waals surface area contributed by atoms with Gasteiger partial charge in [-0.25, -0.2) is 0 Å². The van der Waals surface area contributed by atoms with Crippen LogP contribution in [0, 0.1) is 18.3 Å². The van der Waals surface area contributed by atoms with E-state index in [0.717, 1.165) is 39.8 Å². The molecule has 2 N–H and O–H groups in total. The first kappa shape index (κ1) is 19.7. The average molecular weight is 424 g/mol. The van der Waals surface area contributed by atoms with Crippen LogP contribution in [0.3, 0.4) is 0 Å². The van der Waals surface area contributed by atoms with Crippen LogP contribution >= 0.6 is 23.1 Å². The third-order valence-electron chi connectivity index (χ3n) is 5.14. The molecule has 0 radical (unpaired) electrons. The van der Waals surface area contributed by atoms with E-state index in [1.807, 2.05) is 31.2 Å². The summed E-state index contributed by atoms with van der Waals surface area (Å²) in [4.78, 5) is 14.8. The van der Waals surface area contributed by atoms with Crippen molar-refractivity contribution in [2.75, 3.05) is 10.7 Å². The van der Waals surface area contributed by atoms with E-state index in [4.69, 9.17) is 5.73 Å². The number of aryl methyl sites for hydroxylation is 1. The molecule has 8 heteroatoms. The fraction of sp³-hybridized carbons (Fsp3) is 0.333. The first-order chi connectivity index (χ1) is 14.0. The van der Waals surface area contributed by atoms with Crippen LogP contribution in [-0.4, -0.2) is 21.7 Å². The summed E-state index contributed by atoms with van der Waals surface area (Å²) in [6, 6.07) is 10.2. The number of nitrogens with two attached hydrogens (primary N) is 1. The first-order valence-corrected chi connectivity index (χ1v) is 11.3. The standard InChI is InChI=1S/C21H21N5OS2/c1-3-28-21-25-24-20(29-21)26-15-8-5-9-16(27)18(15)17(14(11-22)19(26)23)13-7-4-6-12(2)10-13/h4,6-7,10,17H,3,5,8-9,23H2,1-2H3. The number of anilines is 1. The Morgan fingerprint density at radius 2 is 2.21 bits per heavy atom. The maximum Gasteiger partial charge on any atom is 0.219 e. The Kier molecular flexibility index (Phi) is 5.43. The summed E-state index contributed by atoms with van der Waals surface area (Å²) in [7, 11) is 0. The lowest BCUT2D eigenvalue weighted by atomic mass is 9.75. The Morgan fingerprint density at radius 3 is 2.93 bits per heavy atom. The number of rotatable bonds is 4. The van der Waals surface area contributed by atoms with E-state index in [1.165, 1.54) is 11.3 Å². The Bertz CT molecular complexity index is 1080. The summed E-state index contributed by atoms with van der Waals surface area (Å²) in [6.45, 7) is 4.06. The van der Waals surface area contributed by atoms with Crippen LogP contribution in [0.2, 0.25) is 0 Å². The summed E-state index contributed by atoms with van der Waals surface area (Å²) in [6.07, 6.45) is 1.97. The molecule has 148 valence electrons. The van der Waals surface area contributed by atoms with Crippen molar-refractivity contribution in [1.82, 2.24) is 10.2 Å². The number of benzene rings is 1. The lowest BCUT2D eigenvalue weighted by Gasteiger charge is -2.38. The molecule has 1 unspecified atom stereocenters. The minimum atomic E-state index is -0.434. The number of carbonyl (C=O) groups is 1. The second kappa shape index (κ2) is 8.01. The van der Waals surface area contributed by atoms with Crippen molar-refractivity contribution < 1.29 is 4.79 Å². The SMILES string of the molecule is CCSc1nnc(N2C(N)=C(C#N)C(c3cccc(C)c3)C3=C2CCCC3=O)s1. The number of allylic oxidation sites excluding steroid dienone is 3. The third kappa shape index (κ3) is 3.45. The van der Waals surface area contributed by atoms with Gasteiger partial charge in [-0.2, -0.15) is 5.26 Å². The molecule has 0 fully saturated rings. The average Bonchev–Trinajstić information content (AvgIpc) is 3.15. The molecule has 0 saturated heterocycles. The lowest BCUT2D eigenvalue weighted by Crippen LogP contribution is -2.38. The van der Waals surface area contributed by atoms with Crippen molar-refractivity contribution in [3.05, 3.63) is 58.1 Å². The lowest BCUT2D eigenvalue weighted by molar-refractivity contribution is -0.116. The van der Waals surface area contributed by atoms with Crippen molar-refractivity contribution in [3.63, 3.8) is 0 Å². The summed E-state index contributed by atoms with van der Waals surface area (Å²) >= 11 is 3.04. The Labute approximate surface area is 178 Å². The molecule has 1 atom stereocenters. The van der Waals surface area contributed by atoms with E-state index in [9.17, 15) is 10.1 Å². The quantitative estimate of drug-likeness (QED) is 0.734. The highest BCUT2D eigenvalue weighted by molar-refractivity contribution is 8.01. The van der Waals surface area contributed by atoms with Crippen LogP contribution in [-0.2, 0) is 4.79 Å². The zero-order valence-corrected chi connectivity index (χ0v) is 17.9. The molecule has 4 rings (SSSR count). The van der Waals surface area contributed by atoms with E-state index in [-0.39, 0.29) is 5.78 Å². The fourth-order valence-electron chi connectivity index (χ4n) is 3.96. The van der Waals surface area contributed by atoms with Gasteiger partial charge in [0.1, 0.15) is 5.82 Å². The summed E-state index contributed by atoms with van der Waals surface area (Å²) in [5.41, 5.74) is 10.5. The molecular formula is C21H21N5OS2. The highest BCUT2D eigenvalue weighted by Gasteiger charge is 2.41. The van der Waals surface area contributed by atoms with E-state index in [2.05, 4.69) is 23.2 Å². The normalized spacial score (nSPS) is 19.4. The minimum Gasteiger partial charge on any atom is -0.384 e. The molecule has 0 spiro atoms. The highest BCUT2D eigenvalue weighted by atomic mass is 32.2. The van der Waals surface area contributed by atoms with Crippen LogP contribution in [0.15, 0.2) is 51.3 Å². The van der Waals surface area contributed by atoms with Crippen molar-refractivity contribution in [1.29, 1.82) is 5.26 Å². The van der Waals surface area contributed by atoms with Gasteiger partial charge in [-0.3, -0.25) is 9.69 Å². The van der Waals surface area contributed by atoms with E-state index in [0.29, 0.717) is 28.5 Å². The topological polar surface area (TPSA) is 95.9 Å². The van der Waals surface area contributed by atoms with Crippen LogP contribution < -0.4 is 10.6 Å². The Balaban J connectivity index is 1.91. The molecule has 1 aromatic carbocycles. The molecule has 1 aliphatic heterocycles. The van der Waals surface area contributed by atoms with Gasteiger partial charge in [0.2, 0.25) is 5.13 Å². The van der Waals surface area contributed by atoms with Gasteiger partial charge in [-0.15, -0.1) is 10.2 Å². The predicted molar refractivity (Wildman–Crippen MR) is 115 cm³/mol. The second-order valence-corrected chi connectivity index (χ2v) is 9.48. The number of nitriles is 1. The number of hydrogen-bond acceptors (Lipinski definition) is 8. The number of aromatic nitrogens is 2.